The van der Waals surface area contributed by atoms with Gasteiger partial charge < -0.3 is 42.5 Å². The number of aliphatic carboxylic acids is 1. The molecule has 49 heavy (non-hydrogen) atoms. The number of rotatable bonds is 21. The Morgan fingerprint density at radius 2 is 1.10 bits per heavy atom. The number of carbonyl (C=O) groups is 6. The van der Waals surface area contributed by atoms with E-state index >= 15 is 0 Å². The van der Waals surface area contributed by atoms with Gasteiger partial charge >= 0.3 is 5.97 Å². The third-order valence-corrected chi connectivity index (χ3v) is 8.15. The molecular formula is C35H58N6O8. The molecule has 0 spiro atoms. The van der Waals surface area contributed by atoms with E-state index < -0.39 is 84.3 Å². The molecule has 14 nitrogen and oxygen atoms in total. The first-order valence-corrected chi connectivity index (χ1v) is 17.1. The van der Waals surface area contributed by atoms with Crippen molar-refractivity contribution in [3.8, 4) is 0 Å². The van der Waals surface area contributed by atoms with Gasteiger partial charge in [-0.2, -0.15) is 0 Å². The number of aliphatic hydroxyl groups is 1. The van der Waals surface area contributed by atoms with E-state index in [4.69, 9.17) is 5.73 Å². The largest absolute Gasteiger partial charge is 0.480 e. The van der Waals surface area contributed by atoms with E-state index in [2.05, 4.69) is 26.6 Å². The van der Waals surface area contributed by atoms with Crippen LogP contribution in [0.15, 0.2) is 30.3 Å². The second kappa shape index (κ2) is 21.1. The van der Waals surface area contributed by atoms with Gasteiger partial charge in [0, 0.05) is 0 Å². The molecular weight excluding hydrogens is 632 g/mol. The van der Waals surface area contributed by atoms with Crippen molar-refractivity contribution in [3.63, 3.8) is 0 Å². The fourth-order valence-corrected chi connectivity index (χ4v) is 5.10. The second-order valence-corrected chi connectivity index (χ2v) is 13.9. The third-order valence-electron chi connectivity index (χ3n) is 8.15. The number of amides is 5. The molecule has 5 amide bonds. The summed E-state index contributed by atoms with van der Waals surface area (Å²) in [5.74, 6) is -5.58. The van der Waals surface area contributed by atoms with Crippen molar-refractivity contribution in [2.45, 2.75) is 117 Å². The molecule has 0 unspecified atom stereocenters. The van der Waals surface area contributed by atoms with E-state index in [-0.39, 0.29) is 37.0 Å². The van der Waals surface area contributed by atoms with E-state index in [0.29, 0.717) is 6.42 Å². The molecule has 0 aliphatic heterocycles. The predicted octanol–water partition coefficient (Wildman–Crippen LogP) is 0.852. The van der Waals surface area contributed by atoms with Crippen LogP contribution in [0.1, 0.15) is 80.2 Å². The average molecular weight is 691 g/mol. The van der Waals surface area contributed by atoms with Crippen LogP contribution in [0.3, 0.4) is 0 Å². The summed E-state index contributed by atoms with van der Waals surface area (Å²) < 4.78 is 0. The molecule has 0 aliphatic rings. The number of carboxylic acid groups (broad SMARTS) is 1. The zero-order chi connectivity index (χ0) is 37.4. The number of aliphatic hydroxyl groups excluding tert-OH is 1. The van der Waals surface area contributed by atoms with Gasteiger partial charge in [0.15, 0.2) is 0 Å². The summed E-state index contributed by atoms with van der Waals surface area (Å²) in [5.41, 5.74) is 7.01. The highest BCUT2D eigenvalue weighted by atomic mass is 16.4. The average Bonchev–Trinajstić information content (AvgIpc) is 3.03. The van der Waals surface area contributed by atoms with Crippen LogP contribution < -0.4 is 32.3 Å². The normalized spacial score (nSPS) is 15.7. The summed E-state index contributed by atoms with van der Waals surface area (Å²) in [4.78, 5) is 78.0. The lowest BCUT2D eigenvalue weighted by atomic mass is 9.97. The van der Waals surface area contributed by atoms with Crippen molar-refractivity contribution in [2.75, 3.05) is 6.61 Å². The van der Waals surface area contributed by atoms with Gasteiger partial charge in [0.25, 0.3) is 0 Å². The Bertz CT molecular complexity index is 1240. The maximum atomic E-state index is 13.5. The number of nitrogens with two attached hydrogens (primary N) is 1. The van der Waals surface area contributed by atoms with Crippen LogP contribution in [0.4, 0.5) is 0 Å². The van der Waals surface area contributed by atoms with Crippen LogP contribution in [-0.2, 0) is 35.2 Å². The Labute approximate surface area is 290 Å². The van der Waals surface area contributed by atoms with Crippen molar-refractivity contribution in [1.82, 2.24) is 26.6 Å². The molecule has 14 heteroatoms. The first-order valence-electron chi connectivity index (χ1n) is 17.1. The van der Waals surface area contributed by atoms with Crippen LogP contribution in [0.5, 0.6) is 0 Å². The number of benzene rings is 1. The first kappa shape index (κ1) is 43.0. The SMILES string of the molecule is CC[C@H](C)[C@H](NC(=O)[C@@H](NC(=O)[C@H](CO)NC(=O)[C@H](CC(C)C)NC(=O)[C@H](CC(C)C)NC(=O)[C@@H](N)Cc1ccccc1)C(C)C)C(=O)O. The maximum Gasteiger partial charge on any atom is 0.326 e. The van der Waals surface area contributed by atoms with E-state index in [1.807, 2.05) is 58.0 Å². The van der Waals surface area contributed by atoms with Gasteiger partial charge in [-0.15, -0.1) is 0 Å². The highest BCUT2D eigenvalue weighted by Crippen LogP contribution is 2.12. The van der Waals surface area contributed by atoms with Crippen molar-refractivity contribution in [1.29, 1.82) is 0 Å². The second-order valence-electron chi connectivity index (χ2n) is 13.9. The van der Waals surface area contributed by atoms with Gasteiger partial charge in [0.1, 0.15) is 30.2 Å². The van der Waals surface area contributed by atoms with Gasteiger partial charge in [-0.05, 0) is 48.5 Å². The molecule has 0 radical (unpaired) electrons. The molecule has 0 bridgehead atoms. The lowest BCUT2D eigenvalue weighted by Gasteiger charge is -2.29. The summed E-state index contributed by atoms with van der Waals surface area (Å²) in [7, 11) is 0. The minimum Gasteiger partial charge on any atom is -0.480 e. The molecule has 7 atom stereocenters. The summed E-state index contributed by atoms with van der Waals surface area (Å²) in [5, 5.41) is 32.5. The quantitative estimate of drug-likeness (QED) is 0.0913. The van der Waals surface area contributed by atoms with Crippen LogP contribution >= 0.6 is 0 Å². The molecule has 9 N–H and O–H groups in total. The molecule has 1 aromatic carbocycles. The van der Waals surface area contributed by atoms with Crippen molar-refractivity contribution in [2.24, 2.45) is 29.4 Å². The van der Waals surface area contributed by atoms with Crippen LogP contribution in [0, 0.1) is 23.7 Å². The third kappa shape index (κ3) is 14.9. The Balaban J connectivity index is 3.08. The van der Waals surface area contributed by atoms with Gasteiger partial charge in [-0.25, -0.2) is 4.79 Å². The standard InChI is InChI=1S/C35H58N6O8/c1-9-22(8)29(35(48)49)41-34(47)28(21(6)7)40-33(46)27(18-42)39-32(45)26(16-20(4)5)38-31(44)25(15-19(2)3)37-30(43)24(36)17-23-13-11-10-12-14-23/h10-14,19-22,24-29,42H,9,15-18,36H2,1-8H3,(H,37,43)(H,38,44)(H,39,45)(H,40,46)(H,41,47)(H,48,49)/t22-,24-,25-,26-,27-,28-,29-/m0/s1. The predicted molar refractivity (Wildman–Crippen MR) is 186 cm³/mol. The molecule has 0 saturated heterocycles. The lowest BCUT2D eigenvalue weighted by molar-refractivity contribution is -0.144. The van der Waals surface area contributed by atoms with Crippen molar-refractivity contribution >= 4 is 35.5 Å². The van der Waals surface area contributed by atoms with Crippen LogP contribution in [0.25, 0.3) is 0 Å². The first-order chi connectivity index (χ1) is 22.9. The highest BCUT2D eigenvalue weighted by Gasteiger charge is 2.34. The number of hydrogen-bond acceptors (Lipinski definition) is 8. The zero-order valence-electron chi connectivity index (χ0n) is 30.1. The van der Waals surface area contributed by atoms with E-state index in [1.54, 1.807) is 27.7 Å². The topological polar surface area (TPSA) is 229 Å². The Morgan fingerprint density at radius 1 is 0.653 bits per heavy atom. The fourth-order valence-electron chi connectivity index (χ4n) is 5.10. The van der Waals surface area contributed by atoms with Crippen LogP contribution in [-0.4, -0.2) is 88.6 Å². The summed E-state index contributed by atoms with van der Waals surface area (Å²) >= 11 is 0. The molecule has 276 valence electrons. The summed E-state index contributed by atoms with van der Waals surface area (Å²) in [6, 6.07) is 2.37. The molecule has 0 fully saturated rings. The highest BCUT2D eigenvalue weighted by molar-refractivity contribution is 5.96. The smallest absolute Gasteiger partial charge is 0.326 e. The Morgan fingerprint density at radius 3 is 1.53 bits per heavy atom. The lowest BCUT2D eigenvalue weighted by Crippen LogP contribution is -2.61. The molecule has 0 aromatic heterocycles. The molecule has 0 heterocycles. The van der Waals surface area contributed by atoms with E-state index in [1.165, 1.54) is 0 Å². The minimum absolute atomic E-state index is 0.00306. The van der Waals surface area contributed by atoms with E-state index in [9.17, 15) is 39.0 Å². The maximum absolute atomic E-state index is 13.5. The van der Waals surface area contributed by atoms with Crippen molar-refractivity contribution in [3.05, 3.63) is 35.9 Å². The Hall–Kier alpha value is -4.04. The number of hydrogen-bond donors (Lipinski definition) is 8. The van der Waals surface area contributed by atoms with Crippen LogP contribution in [0.2, 0.25) is 0 Å². The molecule has 1 rings (SSSR count). The van der Waals surface area contributed by atoms with Crippen molar-refractivity contribution < 1.29 is 39.0 Å². The molecule has 0 aliphatic carbocycles. The number of nitrogens with one attached hydrogen (secondary N) is 5. The number of carboxylic acids is 1. The zero-order valence-corrected chi connectivity index (χ0v) is 30.1. The summed E-state index contributed by atoms with van der Waals surface area (Å²) in [6.45, 7) is 13.4. The van der Waals surface area contributed by atoms with Gasteiger partial charge in [0.05, 0.1) is 12.6 Å². The fraction of sp³-hybridized carbons (Fsp3) is 0.657. The monoisotopic (exact) mass is 690 g/mol. The molecule has 0 saturated carbocycles. The van der Waals surface area contributed by atoms with Gasteiger partial charge in [0.2, 0.25) is 29.5 Å². The van der Waals surface area contributed by atoms with E-state index in [0.717, 1.165) is 5.56 Å². The summed E-state index contributed by atoms with van der Waals surface area (Å²) in [6.07, 6.45) is 1.21. The molecule has 1 aromatic rings. The number of carbonyl (C=O) groups excluding carboxylic acids is 5. The van der Waals surface area contributed by atoms with Gasteiger partial charge in [-0.1, -0.05) is 92.1 Å². The minimum atomic E-state index is -1.49. The Kier molecular flexibility index (Phi) is 18.5. The van der Waals surface area contributed by atoms with Gasteiger partial charge in [-0.3, -0.25) is 24.0 Å².